The number of amidine groups is 1. The van der Waals surface area contributed by atoms with Crippen LogP contribution in [0.15, 0.2) is 105 Å². The molecule has 6 rings (SSSR count). The van der Waals surface area contributed by atoms with E-state index < -0.39 is 32.1 Å². The van der Waals surface area contributed by atoms with Crippen LogP contribution in [0.3, 0.4) is 0 Å². The molecule has 12 nitrogen and oxygen atoms in total. The van der Waals surface area contributed by atoms with E-state index in [4.69, 9.17) is 34.8 Å². The number of aliphatic imine (C=N–C) groups is 1. The first-order valence-corrected chi connectivity index (χ1v) is 16.1. The van der Waals surface area contributed by atoms with Crippen molar-refractivity contribution in [1.82, 2.24) is 9.66 Å². The Hall–Kier alpha value is -5.08. The molecule has 0 radical (unpaired) electrons. The summed E-state index contributed by atoms with van der Waals surface area (Å²) in [6.45, 7) is 1.53. The Morgan fingerprint density at radius 1 is 0.915 bits per heavy atom. The van der Waals surface area contributed by atoms with Gasteiger partial charge in [-0.2, -0.15) is 9.69 Å². The van der Waals surface area contributed by atoms with Crippen molar-refractivity contribution < 1.29 is 18.1 Å². The van der Waals surface area contributed by atoms with Crippen molar-refractivity contribution in [1.29, 1.82) is 0 Å². The summed E-state index contributed by atoms with van der Waals surface area (Å²) < 4.78 is 30.1. The van der Waals surface area contributed by atoms with E-state index in [9.17, 15) is 28.1 Å². The maximum Gasteiger partial charge on any atom is 0.297 e. The SMILES string of the molecule is Cc1nc2ccc(S(=O)(=O)Nc3c(Cl)cc([N+](=O)[O-])cc3Cl)cc2c(=O)n1N1C(=O)C(=Cc2ccc(Cl)cc2)N=C1c1ccccc1. The molecule has 236 valence electrons. The van der Waals surface area contributed by atoms with Crippen LogP contribution in [0.1, 0.15) is 17.0 Å². The predicted octanol–water partition coefficient (Wildman–Crippen LogP) is 6.34. The second-order valence-corrected chi connectivity index (χ2v) is 13.0. The van der Waals surface area contributed by atoms with Gasteiger partial charge in [-0.3, -0.25) is 24.4 Å². The number of nitrogens with zero attached hydrogens (tertiary/aromatic N) is 5. The fourth-order valence-corrected chi connectivity index (χ4v) is 6.74. The molecule has 0 aliphatic carbocycles. The minimum Gasteiger partial charge on any atom is -0.277 e. The monoisotopic (exact) mass is 708 g/mol. The summed E-state index contributed by atoms with van der Waals surface area (Å²) in [6, 6.07) is 21.1. The summed E-state index contributed by atoms with van der Waals surface area (Å²) in [5.41, 5.74) is -0.0933. The molecular formula is C31H19Cl3N6O6S. The lowest BCUT2D eigenvalue weighted by Crippen LogP contribution is -2.49. The number of nitro benzene ring substituents is 1. The van der Waals surface area contributed by atoms with Crippen LogP contribution in [0.2, 0.25) is 15.1 Å². The Morgan fingerprint density at radius 2 is 1.57 bits per heavy atom. The van der Waals surface area contributed by atoms with Crippen molar-refractivity contribution in [3.63, 3.8) is 0 Å². The maximum absolute atomic E-state index is 14.1. The van der Waals surface area contributed by atoms with Crippen molar-refractivity contribution in [2.24, 2.45) is 4.99 Å². The Morgan fingerprint density at radius 3 is 2.21 bits per heavy atom. The normalized spacial score (nSPS) is 14.1. The number of amides is 1. The van der Waals surface area contributed by atoms with E-state index in [1.165, 1.54) is 19.1 Å². The molecule has 0 saturated carbocycles. The highest BCUT2D eigenvalue weighted by Crippen LogP contribution is 2.36. The van der Waals surface area contributed by atoms with E-state index in [2.05, 4.69) is 14.7 Å². The molecule has 0 unspecified atom stereocenters. The summed E-state index contributed by atoms with van der Waals surface area (Å²) in [7, 11) is -4.44. The number of aryl methyl sites for hydroxylation is 1. The molecule has 0 spiro atoms. The molecule has 5 aromatic rings. The van der Waals surface area contributed by atoms with Crippen molar-refractivity contribution in [2.45, 2.75) is 11.8 Å². The van der Waals surface area contributed by atoms with Gasteiger partial charge in [-0.25, -0.2) is 18.4 Å². The quantitative estimate of drug-likeness (QED) is 0.117. The summed E-state index contributed by atoms with van der Waals surface area (Å²) in [6.07, 6.45) is 1.56. The highest BCUT2D eigenvalue weighted by molar-refractivity contribution is 7.92. The van der Waals surface area contributed by atoms with E-state index in [0.717, 1.165) is 27.9 Å². The van der Waals surface area contributed by atoms with Crippen molar-refractivity contribution in [3.8, 4) is 0 Å². The van der Waals surface area contributed by atoms with E-state index >= 15 is 0 Å². The van der Waals surface area contributed by atoms with Crippen molar-refractivity contribution in [3.05, 3.63) is 143 Å². The number of nitro groups is 1. The van der Waals surface area contributed by atoms with Gasteiger partial charge in [0.25, 0.3) is 27.2 Å². The van der Waals surface area contributed by atoms with Gasteiger partial charge in [0.15, 0.2) is 5.84 Å². The topological polar surface area (TPSA) is 157 Å². The molecular weight excluding hydrogens is 691 g/mol. The summed E-state index contributed by atoms with van der Waals surface area (Å²) in [5.74, 6) is -0.349. The van der Waals surface area contributed by atoms with Crippen molar-refractivity contribution in [2.75, 3.05) is 9.73 Å². The number of halogens is 3. The lowest BCUT2D eigenvalue weighted by atomic mass is 10.2. The molecule has 0 atom stereocenters. The van der Waals surface area contributed by atoms with Crippen LogP contribution in [0.5, 0.6) is 0 Å². The van der Waals surface area contributed by atoms with Gasteiger partial charge in [0.05, 0.1) is 36.5 Å². The minimum atomic E-state index is -4.44. The van der Waals surface area contributed by atoms with Gasteiger partial charge < -0.3 is 0 Å². The van der Waals surface area contributed by atoms with Crippen LogP contribution in [-0.2, 0) is 14.8 Å². The molecule has 1 N–H and O–H groups in total. The first kappa shape index (κ1) is 31.9. The van der Waals surface area contributed by atoms with Crippen LogP contribution in [0.4, 0.5) is 11.4 Å². The number of benzene rings is 4. The fraction of sp³-hybridized carbons (Fsp3) is 0.0323. The standard InChI is InChI=1S/C31H19Cl3N6O6S/c1-17-35-26-12-11-22(47(45,46)37-28-24(33)14-21(40(43)44)15-25(28)34)16-23(26)30(41)38(17)39-29(19-5-3-2-4-6-19)36-27(31(39)42)13-18-7-9-20(32)10-8-18/h2-16,37H,1H3. The zero-order valence-electron chi connectivity index (χ0n) is 23.9. The molecule has 0 saturated heterocycles. The molecule has 47 heavy (non-hydrogen) atoms. The van der Waals surface area contributed by atoms with Crippen molar-refractivity contribution >= 4 is 84.9 Å². The van der Waals surface area contributed by atoms with Crippen LogP contribution < -0.4 is 15.3 Å². The number of non-ortho nitro benzene ring substituents is 1. The van der Waals surface area contributed by atoms with E-state index in [1.54, 1.807) is 60.7 Å². The Balaban J connectivity index is 1.46. The van der Waals surface area contributed by atoms with Gasteiger partial charge >= 0.3 is 0 Å². The maximum atomic E-state index is 14.1. The van der Waals surface area contributed by atoms with Gasteiger partial charge in [-0.1, -0.05) is 77.3 Å². The third-order valence-corrected chi connectivity index (χ3v) is 9.20. The number of nitrogens with one attached hydrogen (secondary N) is 1. The third-order valence-electron chi connectivity index (χ3n) is 7.01. The molecule has 16 heteroatoms. The number of fused-ring (bicyclic) bond motifs is 1. The van der Waals surface area contributed by atoms with Gasteiger partial charge in [-0.05, 0) is 48.9 Å². The molecule has 1 aromatic heterocycles. The average molecular weight is 710 g/mol. The number of hydrogen-bond acceptors (Lipinski definition) is 8. The lowest BCUT2D eigenvalue weighted by molar-refractivity contribution is -0.384. The average Bonchev–Trinajstić information content (AvgIpc) is 3.35. The lowest BCUT2D eigenvalue weighted by Gasteiger charge is -2.22. The summed E-state index contributed by atoms with van der Waals surface area (Å²) in [5, 5.41) is 12.0. The number of rotatable bonds is 7. The first-order chi connectivity index (χ1) is 22.3. The van der Waals surface area contributed by atoms with Gasteiger partial charge in [-0.15, -0.1) is 0 Å². The second-order valence-electron chi connectivity index (χ2n) is 10.1. The highest BCUT2D eigenvalue weighted by atomic mass is 35.5. The highest BCUT2D eigenvalue weighted by Gasteiger charge is 2.35. The summed E-state index contributed by atoms with van der Waals surface area (Å²) >= 11 is 18.2. The minimum absolute atomic E-state index is 0.0370. The predicted molar refractivity (Wildman–Crippen MR) is 180 cm³/mol. The van der Waals surface area contributed by atoms with E-state index in [-0.39, 0.29) is 48.9 Å². The number of hydrogen-bond donors (Lipinski definition) is 1. The van der Waals surface area contributed by atoms with Crippen LogP contribution in [0.25, 0.3) is 17.0 Å². The van der Waals surface area contributed by atoms with Gasteiger partial charge in [0.1, 0.15) is 11.5 Å². The van der Waals surface area contributed by atoms with Gasteiger partial charge in [0.2, 0.25) is 0 Å². The zero-order valence-corrected chi connectivity index (χ0v) is 27.0. The largest absolute Gasteiger partial charge is 0.297 e. The van der Waals surface area contributed by atoms with Gasteiger partial charge in [0, 0.05) is 22.7 Å². The van der Waals surface area contributed by atoms with Crippen LogP contribution >= 0.6 is 34.8 Å². The number of anilines is 1. The Bertz CT molecular complexity index is 2340. The number of carbonyl (C=O) groups excluding carboxylic acids is 1. The molecule has 0 bridgehead atoms. The molecule has 1 amide bonds. The molecule has 2 heterocycles. The molecule has 4 aromatic carbocycles. The number of aromatic nitrogens is 2. The fourth-order valence-electron chi connectivity index (χ4n) is 4.81. The third kappa shape index (κ3) is 6.09. The first-order valence-electron chi connectivity index (χ1n) is 13.5. The van der Waals surface area contributed by atoms with Crippen LogP contribution in [0, 0.1) is 17.0 Å². The second kappa shape index (κ2) is 12.3. The number of sulfonamides is 1. The Kier molecular flexibility index (Phi) is 8.32. The number of carbonyl (C=O) groups is 1. The van der Waals surface area contributed by atoms with Crippen LogP contribution in [-0.4, -0.2) is 34.7 Å². The molecule has 1 aliphatic heterocycles. The molecule has 0 fully saturated rings. The molecule has 1 aliphatic rings. The summed E-state index contributed by atoms with van der Waals surface area (Å²) in [4.78, 5) is 47.1. The smallest absolute Gasteiger partial charge is 0.277 e. The van der Waals surface area contributed by atoms with E-state index in [0.29, 0.717) is 16.1 Å². The zero-order chi connectivity index (χ0) is 33.6. The Labute approximate surface area is 281 Å². The van der Waals surface area contributed by atoms with E-state index in [1.807, 2.05) is 0 Å².